The Kier molecular flexibility index (Phi) is 76.3. The van der Waals surface area contributed by atoms with E-state index in [2.05, 4.69) is 141 Å². The maximum Gasteiger partial charge on any atom is 0.407 e. The second kappa shape index (κ2) is 75.3. The van der Waals surface area contributed by atoms with Crippen LogP contribution in [0.5, 0.6) is 5.75 Å². The molecule has 1 saturated heterocycles. The van der Waals surface area contributed by atoms with Crippen LogP contribution in [0.25, 0.3) is 0 Å². The zero-order valence-electron chi connectivity index (χ0n) is 80.8. The summed E-state index contributed by atoms with van der Waals surface area (Å²) in [4.78, 5) is 77.5. The SMILES string of the molecule is CC(C)CN1C2Cn3cc(C(=O)CCc4ccc(F)cc4F)c(=O)c(OCc4ccccc4)c3C(=O)N2C[C@@H]1C.CC(C)CN[C@@H](C)CN.CCC[C@H](C)NCC(C)C.CNCC[C@H](C)N.CNCC[C@H](C)NC.CNCC[C@H](C)NC(=O)OC(C)(C)C.CN[C@@H](C)CCN.CO.CO.C[C@@H](CCN)NC(=O)OC(C)(C)C.O=C(Cl)OCc1ccccc1. The van der Waals surface area contributed by atoms with Gasteiger partial charge in [0.15, 0.2) is 17.2 Å². The van der Waals surface area contributed by atoms with Gasteiger partial charge in [-0.1, -0.05) is 122 Å². The van der Waals surface area contributed by atoms with Crippen molar-refractivity contribution in [1.82, 2.24) is 62.2 Å². The average Bonchev–Trinajstić information content (AvgIpc) is 1.72. The largest absolute Gasteiger partial charge is 0.483 e. The van der Waals surface area contributed by atoms with E-state index < -0.39 is 39.5 Å². The molecule has 3 amide bonds. The first-order valence-electron chi connectivity index (χ1n) is 43.7. The van der Waals surface area contributed by atoms with Crippen molar-refractivity contribution in [3.8, 4) is 5.75 Å². The molecule has 1 unspecified atom stereocenters. The summed E-state index contributed by atoms with van der Waals surface area (Å²) in [5, 5.41) is 41.6. The van der Waals surface area contributed by atoms with Crippen molar-refractivity contribution in [3.63, 3.8) is 0 Å². The van der Waals surface area contributed by atoms with Crippen molar-refractivity contribution >= 4 is 40.9 Å². The van der Waals surface area contributed by atoms with Crippen LogP contribution in [0.4, 0.5) is 23.2 Å². The van der Waals surface area contributed by atoms with Crippen LogP contribution in [0.2, 0.25) is 0 Å². The van der Waals surface area contributed by atoms with Crippen molar-refractivity contribution in [2.75, 3.05) is 115 Å². The number of carbonyl (C=O) groups is 5. The second-order valence-electron chi connectivity index (χ2n) is 33.7. The molecule has 9 atom stereocenters. The van der Waals surface area contributed by atoms with Crippen LogP contribution < -0.4 is 81.0 Å². The number of aromatic nitrogens is 1. The van der Waals surface area contributed by atoms with Gasteiger partial charge in [0.2, 0.25) is 5.43 Å². The summed E-state index contributed by atoms with van der Waals surface area (Å²) in [6.45, 7) is 52.3. The molecule has 3 heterocycles. The minimum Gasteiger partial charge on any atom is -0.483 e. The number of benzene rings is 3. The molecule has 4 aromatic rings. The van der Waals surface area contributed by atoms with Crippen molar-refractivity contribution in [3.05, 3.63) is 135 Å². The molecule has 714 valence electrons. The number of amides is 3. The maximum atomic E-state index is 14.2. The number of Topliss-reactive ketones (excluding diaryl/α,β-unsaturated/α-hetero) is 1. The molecular weight excluding hydrogens is 1590 g/mol. The van der Waals surface area contributed by atoms with Crippen LogP contribution in [0, 0.1) is 29.4 Å². The Balaban J connectivity index is -0.000000467. The zero-order valence-corrected chi connectivity index (χ0v) is 81.6. The maximum absolute atomic E-state index is 14.2. The van der Waals surface area contributed by atoms with Crippen LogP contribution in [0.3, 0.4) is 0 Å². The fraction of sp³-hybridized carbons (Fsp3) is 0.696. The molecule has 3 aromatic carbocycles. The number of ketones is 1. The lowest BCUT2D eigenvalue weighted by Crippen LogP contribution is -2.51. The Labute approximate surface area is 746 Å². The fourth-order valence-electron chi connectivity index (χ4n) is 10.9. The molecule has 2 aliphatic heterocycles. The number of nitrogens with two attached hydrogens (primary N) is 4. The lowest BCUT2D eigenvalue weighted by atomic mass is 10.0. The third kappa shape index (κ3) is 67.2. The predicted octanol–water partition coefficient (Wildman–Crippen LogP) is 12.3. The van der Waals surface area contributed by atoms with Crippen LogP contribution in [-0.4, -0.2) is 234 Å². The van der Waals surface area contributed by atoms with E-state index in [4.69, 9.17) is 59.0 Å². The first-order valence-corrected chi connectivity index (χ1v) is 44.1. The lowest BCUT2D eigenvalue weighted by molar-refractivity contribution is 0.0460. The van der Waals surface area contributed by atoms with E-state index in [-0.39, 0.29) is 91.0 Å². The van der Waals surface area contributed by atoms with Gasteiger partial charge >= 0.3 is 17.6 Å². The summed E-state index contributed by atoms with van der Waals surface area (Å²) in [5.74, 6) is -0.509. The normalized spacial score (nSPS) is 14.7. The molecule has 0 radical (unpaired) electrons. The minimum atomic E-state index is -0.770. The van der Waals surface area contributed by atoms with E-state index in [0.29, 0.717) is 55.8 Å². The number of fused-ring (bicyclic) bond motifs is 2. The van der Waals surface area contributed by atoms with E-state index in [1.54, 1.807) is 9.47 Å². The van der Waals surface area contributed by atoms with Crippen molar-refractivity contribution in [1.29, 1.82) is 0 Å². The second-order valence-corrected chi connectivity index (χ2v) is 34.0. The highest BCUT2D eigenvalue weighted by molar-refractivity contribution is 6.61. The first kappa shape index (κ1) is 125. The lowest BCUT2D eigenvalue weighted by Gasteiger charge is -2.37. The summed E-state index contributed by atoms with van der Waals surface area (Å²) < 4.78 is 49.9. The molecule has 0 aliphatic carbocycles. The quantitative estimate of drug-likeness (QED) is 0.0113. The Morgan fingerprint density at radius 1 is 0.585 bits per heavy atom. The minimum absolute atomic E-state index is 0.00135. The molecule has 0 spiro atoms. The summed E-state index contributed by atoms with van der Waals surface area (Å²) in [6, 6.07) is 24.9. The molecule has 0 bridgehead atoms. The van der Waals surface area contributed by atoms with E-state index in [0.717, 1.165) is 127 Å². The molecule has 6 rings (SSSR count). The van der Waals surface area contributed by atoms with Gasteiger partial charge in [0, 0.05) is 112 Å². The predicted molar refractivity (Wildman–Crippen MR) is 505 cm³/mol. The van der Waals surface area contributed by atoms with Crippen LogP contribution in [-0.2, 0) is 40.4 Å². The molecule has 0 saturated carbocycles. The number of aliphatic hydroxyl groups excluding tert-OH is 2. The average molecular weight is 1770 g/mol. The monoisotopic (exact) mass is 1770 g/mol. The van der Waals surface area contributed by atoms with Gasteiger partial charge < -0.3 is 109 Å². The summed E-state index contributed by atoms with van der Waals surface area (Å²) in [7, 11) is 11.7. The smallest absolute Gasteiger partial charge is 0.407 e. The van der Waals surface area contributed by atoms with Gasteiger partial charge in [-0.3, -0.25) is 19.3 Å². The van der Waals surface area contributed by atoms with Gasteiger partial charge in [-0.25, -0.2) is 23.2 Å². The number of carbonyl (C=O) groups excluding carboxylic acids is 5. The first-order chi connectivity index (χ1) is 57.8. The summed E-state index contributed by atoms with van der Waals surface area (Å²) >= 11 is 4.97. The number of aliphatic hydroxyl groups is 2. The number of rotatable bonds is 37. The van der Waals surface area contributed by atoms with Gasteiger partial charge in [0.05, 0.1) is 12.1 Å². The third-order valence-electron chi connectivity index (χ3n) is 17.8. The molecule has 1 fully saturated rings. The number of hydrogen-bond acceptors (Lipinski definition) is 24. The number of aryl methyl sites for hydroxylation is 1. The Hall–Kier alpha value is -6.85. The van der Waals surface area contributed by atoms with Gasteiger partial charge in [0.1, 0.15) is 42.2 Å². The van der Waals surface area contributed by atoms with Crippen molar-refractivity contribution in [2.45, 2.75) is 289 Å². The molecular formula is C92H173ClF2N16O12. The summed E-state index contributed by atoms with van der Waals surface area (Å²) in [5.41, 5.74) is 21.1. The highest BCUT2D eigenvalue weighted by atomic mass is 35.5. The van der Waals surface area contributed by atoms with Crippen LogP contribution in [0.15, 0.2) is 89.9 Å². The topological polar surface area (TPSA) is 404 Å². The Morgan fingerprint density at radius 3 is 1.43 bits per heavy atom. The highest BCUT2D eigenvalue weighted by Crippen LogP contribution is 2.33. The summed E-state index contributed by atoms with van der Waals surface area (Å²) in [6.07, 6.45) is 7.93. The van der Waals surface area contributed by atoms with E-state index in [1.165, 1.54) is 31.5 Å². The van der Waals surface area contributed by atoms with Crippen LogP contribution >= 0.6 is 11.6 Å². The molecule has 19 N–H and O–H groups in total. The number of halogens is 3. The molecule has 31 heteroatoms. The molecule has 28 nitrogen and oxygen atoms in total. The highest BCUT2D eigenvalue weighted by Gasteiger charge is 2.46. The van der Waals surface area contributed by atoms with E-state index in [1.807, 2.05) is 158 Å². The van der Waals surface area contributed by atoms with E-state index >= 15 is 0 Å². The van der Waals surface area contributed by atoms with Gasteiger partial charge in [-0.05, 0) is 263 Å². The molecule has 1 aromatic heterocycles. The van der Waals surface area contributed by atoms with Crippen molar-refractivity contribution < 1.29 is 61.9 Å². The van der Waals surface area contributed by atoms with Crippen LogP contribution in [0.1, 0.15) is 234 Å². The number of hydrogen-bond donors (Lipinski definition) is 15. The number of nitrogens with one attached hydrogen (secondary N) is 9. The zero-order chi connectivity index (χ0) is 95.4. The van der Waals surface area contributed by atoms with Gasteiger partial charge in [-0.2, -0.15) is 0 Å². The number of pyridine rings is 1. The fourth-order valence-corrected chi connectivity index (χ4v) is 10.9. The molecule has 123 heavy (non-hydrogen) atoms. The number of nitrogens with zero attached hydrogens (tertiary/aromatic N) is 3. The number of ether oxygens (including phenoxy) is 4. The molecule has 2 aliphatic rings. The van der Waals surface area contributed by atoms with Gasteiger partial charge in [-0.15, -0.1) is 0 Å². The van der Waals surface area contributed by atoms with Crippen molar-refractivity contribution in [2.24, 2.45) is 40.7 Å². The standard InChI is InChI=1S/C31H33F2N3O4.C10H22N2O2.C9H20N2O2.C9H21N.C8H7ClO2.C7H18N2.C6H16N2.2C5H14N2.2CH4O/c1-19(2)14-35-20(3)15-36-27(35)17-34-16-24(26(37)12-10-22-9-11-23(32)13-25(22)33)29(38)30(28(34)31(36)39)40-18-21-7-5-4-6-8-21;1-8(6-7-11-5)12-9(13)14-10(2,3)4;1-7(5-6-10)11-8(12)13-9(2,3)4;1-5-6-9(4)10-7-8(2)3;9-8(10)11-6-7-4-2-1-3-5-7;1-6(2)5-9-7(3)4-8;1-6(8-3)4-5-7-2;1-5(6)3-4-7-2;1-5(7-2)3-4-6;2*1-2/h4-9,11,13,16,19-20,27H,10,12,14-15,17-18H2,1-3H3;8,11H,6-7H2,1-5H3,(H,12,13);7H,5-6,10H2,1-4H3,(H,11,12);8-10H,5-7H2,1-4H3;1-5H,6H2;6-7,9H,4-5,8H2,1-3H3;6-8H,4-5H2,1-3H3;2*5,7H,3-4,6H2,1-2H3;2*2H,1H3/t20-,27?;8-;7-;9-;;7-;6-;2*5-;;/m0000.0000../s1. The Morgan fingerprint density at radius 2 is 1.03 bits per heavy atom. The van der Waals surface area contributed by atoms with Gasteiger partial charge in [0.25, 0.3) is 5.91 Å². The van der Waals surface area contributed by atoms with E-state index in [9.17, 15) is 37.5 Å². The Bertz CT molecular complexity index is 3340. The third-order valence-corrected chi connectivity index (χ3v) is 17.9. The number of alkyl carbamates (subject to hydrolysis) is 2.